The first kappa shape index (κ1) is 20.0. The van der Waals surface area contributed by atoms with E-state index in [-0.39, 0.29) is 24.6 Å². The number of likely N-dealkylation sites (tertiary alicyclic amines) is 1. The van der Waals surface area contributed by atoms with Crippen molar-refractivity contribution in [1.82, 2.24) is 10.6 Å². The van der Waals surface area contributed by atoms with Crippen LogP contribution in [0.15, 0.2) is 29.5 Å². The largest absolute Gasteiger partial charge is 0.497 e. The van der Waals surface area contributed by atoms with Gasteiger partial charge >= 0.3 is 12.0 Å². The molecule has 1 saturated heterocycles. The molecule has 0 aliphatic carbocycles. The van der Waals surface area contributed by atoms with Crippen LogP contribution in [-0.4, -0.2) is 52.5 Å². The summed E-state index contributed by atoms with van der Waals surface area (Å²) >= 11 is 0. The van der Waals surface area contributed by atoms with Crippen molar-refractivity contribution in [2.45, 2.75) is 25.8 Å². The van der Waals surface area contributed by atoms with Gasteiger partial charge in [-0.2, -0.15) is 0 Å². The van der Waals surface area contributed by atoms with Crippen LogP contribution in [0.25, 0.3) is 0 Å². The Morgan fingerprint density at radius 1 is 1.29 bits per heavy atom. The molecule has 0 aromatic heterocycles. The number of nitrogens with one attached hydrogen (secondary N) is 3. The number of rotatable bonds is 7. The Morgan fingerprint density at radius 3 is 2.82 bits per heavy atom. The molecule has 2 heterocycles. The number of hydrogen-bond acceptors (Lipinski definition) is 5. The van der Waals surface area contributed by atoms with Gasteiger partial charge in [0.1, 0.15) is 24.1 Å². The molecule has 2 aliphatic heterocycles. The Balaban J connectivity index is 1.88. The van der Waals surface area contributed by atoms with Gasteiger partial charge in [-0.05, 0) is 25.1 Å². The number of carbonyl (C=O) groups is 2. The zero-order chi connectivity index (χ0) is 20.1. The zero-order valence-corrected chi connectivity index (χ0v) is 16.6. The van der Waals surface area contributed by atoms with E-state index in [1.165, 1.54) is 4.90 Å². The lowest BCUT2D eigenvalue weighted by atomic mass is 10.0. The molecule has 1 unspecified atom stereocenters. The van der Waals surface area contributed by atoms with Gasteiger partial charge in [0.25, 0.3) is 0 Å². The molecule has 3 N–H and O–H groups in total. The molecule has 3 rings (SSSR count). The summed E-state index contributed by atoms with van der Waals surface area (Å²) in [6.07, 6.45) is 2.04. The van der Waals surface area contributed by atoms with E-state index in [0.29, 0.717) is 24.4 Å². The van der Waals surface area contributed by atoms with Crippen molar-refractivity contribution in [2.75, 3.05) is 40.5 Å². The second kappa shape index (κ2) is 8.97. The van der Waals surface area contributed by atoms with Crippen molar-refractivity contribution < 1.29 is 28.7 Å². The minimum atomic E-state index is -0.390. The van der Waals surface area contributed by atoms with E-state index >= 15 is 0 Å². The Kier molecular flexibility index (Phi) is 6.41. The van der Waals surface area contributed by atoms with Crippen molar-refractivity contribution in [3.05, 3.63) is 35.0 Å². The number of carbonyl (C=O) groups excluding carboxylic acids is 2. The second-order valence-electron chi connectivity index (χ2n) is 6.87. The number of amides is 2. The smallest absolute Gasteiger partial charge is 0.337 e. The highest BCUT2D eigenvalue weighted by molar-refractivity contribution is 5.93. The molecule has 1 aromatic carbocycles. The summed E-state index contributed by atoms with van der Waals surface area (Å²) in [6, 6.07) is 5.70. The van der Waals surface area contributed by atoms with Gasteiger partial charge < -0.3 is 29.7 Å². The standard InChI is InChI=1S/C20H27N3O5/c1-4-28-19(24)15-11-21-20(25)22-16(15)12-23-9-5-6-17(23)14-10-13(26-2)7-8-18(14)27-3/h7-8,10,17H,4-6,9,11-12H2,1-3H3,(H2,21,22,25)/p+1/t17-/m1/s1. The fourth-order valence-corrected chi connectivity index (χ4v) is 3.93. The third kappa shape index (κ3) is 4.22. The average molecular weight is 390 g/mol. The molecule has 1 aromatic rings. The second-order valence-corrected chi connectivity index (χ2v) is 6.87. The van der Waals surface area contributed by atoms with Gasteiger partial charge in [0.05, 0.1) is 50.7 Å². The van der Waals surface area contributed by atoms with Gasteiger partial charge in [-0.1, -0.05) is 0 Å². The van der Waals surface area contributed by atoms with Gasteiger partial charge in [-0.25, -0.2) is 9.59 Å². The van der Waals surface area contributed by atoms with E-state index in [4.69, 9.17) is 14.2 Å². The van der Waals surface area contributed by atoms with Crippen molar-refractivity contribution in [2.24, 2.45) is 0 Å². The first-order valence-corrected chi connectivity index (χ1v) is 9.57. The lowest BCUT2D eigenvalue weighted by molar-refractivity contribution is -0.914. The summed E-state index contributed by atoms with van der Waals surface area (Å²) in [4.78, 5) is 25.4. The molecule has 152 valence electrons. The highest BCUT2D eigenvalue weighted by atomic mass is 16.5. The third-order valence-corrected chi connectivity index (χ3v) is 5.28. The van der Waals surface area contributed by atoms with Gasteiger partial charge in [-0.15, -0.1) is 0 Å². The number of esters is 1. The van der Waals surface area contributed by atoms with Crippen LogP contribution in [0.3, 0.4) is 0 Å². The minimum Gasteiger partial charge on any atom is -0.497 e. The highest BCUT2D eigenvalue weighted by Crippen LogP contribution is 2.31. The molecular formula is C20H28N3O5+. The Hall–Kier alpha value is -2.74. The van der Waals surface area contributed by atoms with Crippen molar-refractivity contribution in [3.63, 3.8) is 0 Å². The molecule has 0 bridgehead atoms. The molecule has 8 nitrogen and oxygen atoms in total. The maximum atomic E-state index is 12.3. The van der Waals surface area contributed by atoms with Crippen LogP contribution in [0.4, 0.5) is 4.79 Å². The maximum absolute atomic E-state index is 12.3. The molecule has 0 spiro atoms. The van der Waals surface area contributed by atoms with E-state index < -0.39 is 0 Å². The van der Waals surface area contributed by atoms with Gasteiger partial charge in [-0.3, -0.25) is 0 Å². The monoisotopic (exact) mass is 390 g/mol. The molecule has 1 fully saturated rings. The summed E-state index contributed by atoms with van der Waals surface area (Å²) in [7, 11) is 3.31. The first-order valence-electron chi connectivity index (χ1n) is 9.57. The fraction of sp³-hybridized carbons (Fsp3) is 0.500. The van der Waals surface area contributed by atoms with Crippen LogP contribution in [0, 0.1) is 0 Å². The number of quaternary nitrogens is 1. The first-order chi connectivity index (χ1) is 13.6. The molecule has 2 atom stereocenters. The van der Waals surface area contributed by atoms with Crippen molar-refractivity contribution >= 4 is 12.0 Å². The summed E-state index contributed by atoms with van der Waals surface area (Å²) in [5.74, 6) is 1.21. The molecule has 28 heavy (non-hydrogen) atoms. The van der Waals surface area contributed by atoms with E-state index in [9.17, 15) is 9.59 Å². The zero-order valence-electron chi connectivity index (χ0n) is 16.6. The quantitative estimate of drug-likeness (QED) is 0.592. The van der Waals surface area contributed by atoms with E-state index in [2.05, 4.69) is 10.6 Å². The summed E-state index contributed by atoms with van der Waals surface area (Å²) < 4.78 is 16.1. The van der Waals surface area contributed by atoms with Gasteiger partial charge in [0.2, 0.25) is 0 Å². The SMILES string of the molecule is CCOC(=O)C1=C(C[NH+]2CCC[C@@H]2c2cc(OC)ccc2OC)NC(=O)NC1. The summed E-state index contributed by atoms with van der Waals surface area (Å²) in [5.41, 5.74) is 2.19. The molecule has 0 radical (unpaired) electrons. The Bertz CT molecular complexity index is 777. The maximum Gasteiger partial charge on any atom is 0.337 e. The molecule has 8 heteroatoms. The fourth-order valence-electron chi connectivity index (χ4n) is 3.93. The van der Waals surface area contributed by atoms with Crippen LogP contribution in [0.5, 0.6) is 11.5 Å². The topological polar surface area (TPSA) is 90.3 Å². The van der Waals surface area contributed by atoms with Gasteiger partial charge in [0, 0.05) is 12.8 Å². The van der Waals surface area contributed by atoms with Crippen LogP contribution in [0.1, 0.15) is 31.4 Å². The minimum absolute atomic E-state index is 0.181. The highest BCUT2D eigenvalue weighted by Gasteiger charge is 2.35. The number of ether oxygens (including phenoxy) is 3. The Labute approximate surface area is 164 Å². The molecule has 2 aliphatic rings. The van der Waals surface area contributed by atoms with E-state index in [1.807, 2.05) is 18.2 Å². The number of methoxy groups -OCH3 is 2. The van der Waals surface area contributed by atoms with Crippen LogP contribution >= 0.6 is 0 Å². The predicted octanol–water partition coefficient (Wildman–Crippen LogP) is 0.554. The van der Waals surface area contributed by atoms with Crippen molar-refractivity contribution in [1.29, 1.82) is 0 Å². The number of hydrogen-bond donors (Lipinski definition) is 3. The lowest BCUT2D eigenvalue weighted by Gasteiger charge is -2.27. The number of benzene rings is 1. The van der Waals surface area contributed by atoms with Crippen molar-refractivity contribution in [3.8, 4) is 11.5 Å². The predicted molar refractivity (Wildman–Crippen MR) is 102 cm³/mol. The summed E-state index contributed by atoms with van der Waals surface area (Å²) in [5, 5.41) is 5.46. The molecule has 2 amide bonds. The van der Waals surface area contributed by atoms with E-state index in [1.54, 1.807) is 21.1 Å². The average Bonchev–Trinajstić information content (AvgIpc) is 3.15. The molecule has 0 saturated carbocycles. The lowest BCUT2D eigenvalue weighted by Crippen LogP contribution is -3.10. The van der Waals surface area contributed by atoms with Crippen LogP contribution < -0.4 is 25.0 Å². The Morgan fingerprint density at radius 2 is 2.11 bits per heavy atom. The number of urea groups is 1. The third-order valence-electron chi connectivity index (χ3n) is 5.28. The molecular weight excluding hydrogens is 362 g/mol. The normalized spacial score (nSPS) is 21.8. The van der Waals surface area contributed by atoms with Crippen LogP contribution in [-0.2, 0) is 9.53 Å². The van der Waals surface area contributed by atoms with Gasteiger partial charge in [0.15, 0.2) is 0 Å². The van der Waals surface area contributed by atoms with E-state index in [0.717, 1.165) is 36.4 Å². The van der Waals surface area contributed by atoms with Crippen LogP contribution in [0.2, 0.25) is 0 Å². The summed E-state index contributed by atoms with van der Waals surface area (Å²) in [6.45, 7) is 3.72.